The summed E-state index contributed by atoms with van der Waals surface area (Å²) in [6, 6.07) is -9.62. The van der Waals surface area contributed by atoms with E-state index in [4.69, 9.17) is 99.5 Å². The standard InChI is InChI=1S/C76H127N5O56/c1-17(92)77-33-44(103)57(27(11-87)118-66(33)116)129-67-34(78-18(2)93)45(104)61(30(14-90)124-67)133-74-56(115)63(43(102)32(128-74)16-117-75-64(51(110)40(99)24(8-84)122-75)136-69-36(80-20(4)95)47(106)59(29(13-89)126-69)131-72-54(113)50(109)39(98)23(7-83)120-72)135-76-65(52(111)41(100)25(9-85)123-76)137-70-37(81-21(5)96)48(107)60(31(15-91)127-70)132-73-55(114)62(42(101)26(10-86)121-73)134-68-35(79-19(3)94)46(105)58(28(12-88)125-68)130-71-53(112)49(108)38(97)22(6-82)119-71/h22-76,82-91,97-116H,6-16H2,1-5H3,(H,77,92)(H,78,93)(H,79,94)(H,80,95)(H,81,96)/t22-,23-,24-,25-,26-,27-,28-,29-,30-,31-,32-,33-,34-,35-,36-,37-,38+,39+,40-,41-,42+,43-,44-,45-,46-,47-,48-,49+,50+,51+,52+,53-,54-,55-,56+,57-,58-,59-,60-,61-,62+,63+,64+,65+,66?,67+,68+,69+,70+,71+,72+,73+,74+,75+,76-/m1/s1. The average molecular weight is 2010 g/mol. The first-order valence-electron chi connectivity index (χ1n) is 43.7. The number of carbonyl (C=O) groups is 5. The quantitative estimate of drug-likeness (QED) is 0.0277. The molecule has 0 radical (unpaired) electrons. The Morgan fingerprint density at radius 3 is 0.701 bits per heavy atom. The molecule has 5 amide bonds. The predicted octanol–water partition coefficient (Wildman–Crippen LogP) is -24.3. The van der Waals surface area contributed by atoms with Crippen LogP contribution < -0.4 is 26.6 Å². The Labute approximate surface area is 775 Å². The fourth-order valence-electron chi connectivity index (χ4n) is 17.8. The molecule has 61 heteroatoms. The Hall–Kier alpha value is -4.69. The van der Waals surface area contributed by atoms with Gasteiger partial charge in [-0.15, -0.1) is 0 Å². The van der Waals surface area contributed by atoms with Gasteiger partial charge >= 0.3 is 0 Å². The van der Waals surface area contributed by atoms with Gasteiger partial charge in [-0.3, -0.25) is 24.0 Å². The zero-order valence-corrected chi connectivity index (χ0v) is 73.6. The third-order valence-corrected chi connectivity index (χ3v) is 25.0. The molecule has 1 unspecified atom stereocenters. The summed E-state index contributed by atoms with van der Waals surface area (Å²) in [6.07, 6.45) is -107. The number of aliphatic hydroxyl groups excluding tert-OH is 30. The van der Waals surface area contributed by atoms with Gasteiger partial charge < -0.3 is 279 Å². The van der Waals surface area contributed by atoms with Gasteiger partial charge in [0.1, 0.15) is 268 Å². The van der Waals surface area contributed by atoms with Gasteiger partial charge in [-0.25, -0.2) is 0 Å². The van der Waals surface area contributed by atoms with Crippen LogP contribution in [0.4, 0.5) is 0 Å². The molecule has 137 heavy (non-hydrogen) atoms. The number of ether oxygens (including phenoxy) is 21. The molecule has 55 atom stereocenters. The Bertz CT molecular complexity index is 3780. The smallest absolute Gasteiger partial charge is 0.217 e. The summed E-state index contributed by atoms with van der Waals surface area (Å²) in [5, 5.41) is 349. The van der Waals surface area contributed by atoms with E-state index >= 15 is 0 Å². The highest BCUT2D eigenvalue weighted by Crippen LogP contribution is 2.42. The number of hydrogen-bond donors (Lipinski definition) is 35. The minimum Gasteiger partial charge on any atom is -0.394 e. The van der Waals surface area contributed by atoms with Crippen LogP contribution in [0.15, 0.2) is 0 Å². The van der Waals surface area contributed by atoms with Gasteiger partial charge in [-0.1, -0.05) is 0 Å². The van der Waals surface area contributed by atoms with Gasteiger partial charge in [-0.05, 0) is 0 Å². The molecule has 11 fully saturated rings. The molecule has 35 N–H and O–H groups in total. The highest BCUT2D eigenvalue weighted by Gasteiger charge is 2.63. The number of nitrogens with one attached hydrogen (secondary N) is 5. The monoisotopic (exact) mass is 2010 g/mol. The highest BCUT2D eigenvalue weighted by molar-refractivity contribution is 5.75. The van der Waals surface area contributed by atoms with Crippen molar-refractivity contribution in [3.8, 4) is 0 Å². The lowest BCUT2D eigenvalue weighted by atomic mass is 9.93. The maximum atomic E-state index is 13.4. The molecule has 0 aliphatic carbocycles. The number of aliphatic hydroxyl groups is 30. The third-order valence-electron chi connectivity index (χ3n) is 25.0. The lowest BCUT2D eigenvalue weighted by molar-refractivity contribution is -0.400. The molecule has 0 aromatic rings. The van der Waals surface area contributed by atoms with Gasteiger partial charge in [0.25, 0.3) is 0 Å². The Morgan fingerprint density at radius 1 is 0.190 bits per heavy atom. The fourth-order valence-corrected chi connectivity index (χ4v) is 17.8. The zero-order chi connectivity index (χ0) is 101. The molecule has 792 valence electrons. The van der Waals surface area contributed by atoms with Crippen molar-refractivity contribution in [3.63, 3.8) is 0 Å². The first-order chi connectivity index (χ1) is 64.9. The molecule has 61 nitrogen and oxygen atoms in total. The van der Waals surface area contributed by atoms with Crippen LogP contribution in [0, 0.1) is 0 Å². The summed E-state index contributed by atoms with van der Waals surface area (Å²) in [5.41, 5.74) is 0. The second-order valence-corrected chi connectivity index (χ2v) is 34.5. The summed E-state index contributed by atoms with van der Waals surface area (Å²) in [5.74, 6) is -4.74. The number of hydrogen-bond acceptors (Lipinski definition) is 56. The molecule has 0 bridgehead atoms. The maximum Gasteiger partial charge on any atom is 0.217 e. The van der Waals surface area contributed by atoms with Crippen LogP contribution in [0.2, 0.25) is 0 Å². The predicted molar refractivity (Wildman–Crippen MR) is 420 cm³/mol. The van der Waals surface area contributed by atoms with E-state index in [-0.39, 0.29) is 0 Å². The number of rotatable bonds is 36. The zero-order valence-electron chi connectivity index (χ0n) is 73.6. The third kappa shape index (κ3) is 25.0. The normalized spacial score (nSPS) is 48.9. The molecular weight excluding hydrogens is 1880 g/mol. The van der Waals surface area contributed by atoms with Crippen molar-refractivity contribution >= 4 is 29.5 Å². The molecule has 11 aliphatic heterocycles. The van der Waals surface area contributed by atoms with Crippen molar-refractivity contribution in [2.75, 3.05) is 72.7 Å². The van der Waals surface area contributed by atoms with Gasteiger partial charge in [-0.2, -0.15) is 0 Å². The Morgan fingerprint density at radius 2 is 0.394 bits per heavy atom. The maximum absolute atomic E-state index is 13.4. The van der Waals surface area contributed by atoms with Gasteiger partial charge in [0.15, 0.2) is 69.2 Å². The highest BCUT2D eigenvalue weighted by atomic mass is 16.8. The Balaban J connectivity index is 0.893. The van der Waals surface area contributed by atoms with Gasteiger partial charge in [0.05, 0.1) is 72.7 Å². The van der Waals surface area contributed by atoms with Crippen LogP contribution in [0.25, 0.3) is 0 Å². The number of amides is 5. The molecule has 11 aliphatic rings. The van der Waals surface area contributed by atoms with Crippen molar-refractivity contribution in [2.24, 2.45) is 0 Å². The lowest BCUT2D eigenvalue weighted by Gasteiger charge is -2.51. The van der Waals surface area contributed by atoms with E-state index in [0.717, 1.165) is 34.6 Å². The van der Waals surface area contributed by atoms with E-state index in [1.165, 1.54) is 0 Å². The summed E-state index contributed by atoms with van der Waals surface area (Å²) in [7, 11) is 0. The van der Waals surface area contributed by atoms with E-state index < -0.39 is 440 Å². The summed E-state index contributed by atoms with van der Waals surface area (Å²) >= 11 is 0. The largest absolute Gasteiger partial charge is 0.394 e. The van der Waals surface area contributed by atoms with Crippen molar-refractivity contribution in [1.29, 1.82) is 0 Å². The summed E-state index contributed by atoms with van der Waals surface area (Å²) in [6.45, 7) is -7.92. The topological polar surface area (TPSA) is 946 Å². The minimum absolute atomic E-state index is 0.815. The SMILES string of the molecule is CC(=O)N[C@H]1[C@H](O[C@H]2[C@H](O)[C@@H](NC(C)=O)C(O)O[C@@H]2CO)O[C@H](CO)[C@@H](O[C@@H]2O[C@H](CO[C@H]3O[C@H](CO)[C@@H](O)[C@H](O)[C@@H]3O[C@@H]3O[C@H](CO)[C@@H](O[C@@H]4O[C@H](CO)[C@H](O)[C@H](O)[C@H]4O)[C@H](O)[C@H]3NC(C)=O)[C@@H](O)[C@H](O[C@H]3O[C@H](CO)[C@@H](O)[C@H](O)[C@@H]3O[C@@H]3O[C@H](CO)[C@@H](O[C@@H]4O[C@H](CO)[C@H](O)[C@H](O[C@@H]5O[C@H](CO)[C@@H](O[C@@H]6O[C@H](CO)[C@H](O)[C@H](O)[C@H]6O)[C@H](O)[C@H]5NC(C)=O)[C@H]4O)[C@H](O)[C@H]3NC(C)=O)[C@@H]2O)[C@@H]1O. The van der Waals surface area contributed by atoms with Crippen LogP contribution in [0.5, 0.6) is 0 Å². The van der Waals surface area contributed by atoms with Crippen LogP contribution in [0.1, 0.15) is 34.6 Å². The van der Waals surface area contributed by atoms with E-state index in [2.05, 4.69) is 26.6 Å². The average Bonchev–Trinajstić information content (AvgIpc) is 0.746. The van der Waals surface area contributed by atoms with Crippen molar-refractivity contribution in [2.45, 2.75) is 372 Å². The fraction of sp³-hybridized carbons (Fsp3) is 0.934. The van der Waals surface area contributed by atoms with Crippen molar-refractivity contribution < 1.29 is 277 Å². The van der Waals surface area contributed by atoms with E-state index in [9.17, 15) is 177 Å². The number of carbonyl (C=O) groups excluding carboxylic acids is 5. The lowest BCUT2D eigenvalue weighted by Crippen LogP contribution is -2.71. The van der Waals surface area contributed by atoms with Crippen LogP contribution in [-0.2, 0) is 123 Å². The molecule has 0 aromatic heterocycles. The minimum atomic E-state index is -2.66. The molecule has 0 aromatic carbocycles. The van der Waals surface area contributed by atoms with Crippen LogP contribution in [-0.4, -0.2) is 593 Å². The molecule has 0 saturated carbocycles. The Kier molecular flexibility index (Phi) is 40.7. The first-order valence-corrected chi connectivity index (χ1v) is 43.7. The van der Waals surface area contributed by atoms with Gasteiger partial charge in [0.2, 0.25) is 29.5 Å². The van der Waals surface area contributed by atoms with Crippen molar-refractivity contribution in [3.05, 3.63) is 0 Å². The summed E-state index contributed by atoms with van der Waals surface area (Å²) in [4.78, 5) is 64.5. The van der Waals surface area contributed by atoms with Crippen LogP contribution in [0.3, 0.4) is 0 Å². The second kappa shape index (κ2) is 49.5. The van der Waals surface area contributed by atoms with E-state index in [0.29, 0.717) is 0 Å². The first kappa shape index (κ1) is 113. The van der Waals surface area contributed by atoms with Crippen molar-refractivity contribution in [1.82, 2.24) is 26.6 Å². The molecular formula is C76H127N5O56. The summed E-state index contributed by atoms with van der Waals surface area (Å²) < 4.78 is 125. The van der Waals surface area contributed by atoms with Crippen LogP contribution >= 0.6 is 0 Å². The second-order valence-electron chi connectivity index (χ2n) is 34.5. The van der Waals surface area contributed by atoms with E-state index in [1.807, 2.05) is 0 Å². The molecule has 11 rings (SSSR count). The van der Waals surface area contributed by atoms with Gasteiger partial charge in [0, 0.05) is 34.6 Å². The molecule has 11 saturated heterocycles. The van der Waals surface area contributed by atoms with E-state index in [1.54, 1.807) is 0 Å². The molecule has 0 spiro atoms. The molecule has 11 heterocycles.